The van der Waals surface area contributed by atoms with E-state index in [1.165, 1.54) is 12.8 Å². The lowest BCUT2D eigenvalue weighted by Gasteiger charge is -2.09. The fourth-order valence-corrected chi connectivity index (χ4v) is 2.23. The maximum absolute atomic E-state index is 11.7. The molecule has 1 saturated carbocycles. The van der Waals surface area contributed by atoms with Crippen LogP contribution in [-0.2, 0) is 6.54 Å². The third kappa shape index (κ3) is 2.60. The molecule has 3 rings (SSSR count). The highest BCUT2D eigenvalue weighted by molar-refractivity contribution is 6.32. The third-order valence-corrected chi connectivity index (χ3v) is 3.66. The van der Waals surface area contributed by atoms with Crippen molar-refractivity contribution in [3.63, 3.8) is 0 Å². The lowest BCUT2D eigenvalue weighted by Crippen LogP contribution is -2.15. The average molecular weight is 279 g/mol. The number of aromatic amines is 1. The fourth-order valence-electron chi connectivity index (χ4n) is 2.01. The molecule has 0 spiro atoms. The van der Waals surface area contributed by atoms with Gasteiger partial charge in [-0.25, -0.2) is 0 Å². The molecule has 0 aliphatic heterocycles. The van der Waals surface area contributed by atoms with Crippen molar-refractivity contribution in [2.24, 2.45) is 11.7 Å². The van der Waals surface area contributed by atoms with E-state index in [1.54, 1.807) is 18.2 Å². The summed E-state index contributed by atoms with van der Waals surface area (Å²) in [6.07, 6.45) is 2.45. The van der Waals surface area contributed by atoms with Gasteiger partial charge in [0.25, 0.3) is 5.56 Å². The summed E-state index contributed by atoms with van der Waals surface area (Å²) in [5.74, 6) is 1.28. The van der Waals surface area contributed by atoms with Crippen molar-refractivity contribution >= 4 is 22.5 Å². The SMILES string of the molecule is NCc1cc2cc(Cl)c(OCC3CC3)cc2[nH]c1=O. The largest absolute Gasteiger partial charge is 0.492 e. The Bertz CT molecular complexity index is 677. The topological polar surface area (TPSA) is 68.1 Å². The Balaban J connectivity index is 2.00. The van der Waals surface area contributed by atoms with Crippen molar-refractivity contribution in [2.45, 2.75) is 19.4 Å². The summed E-state index contributed by atoms with van der Waals surface area (Å²) in [7, 11) is 0. The van der Waals surface area contributed by atoms with E-state index in [4.69, 9.17) is 22.1 Å². The first kappa shape index (κ1) is 12.5. The van der Waals surface area contributed by atoms with Crippen LogP contribution in [0.1, 0.15) is 18.4 Å². The van der Waals surface area contributed by atoms with Gasteiger partial charge in [-0.3, -0.25) is 4.79 Å². The Morgan fingerprint density at radius 2 is 2.16 bits per heavy atom. The van der Waals surface area contributed by atoms with Crippen LogP contribution in [-0.4, -0.2) is 11.6 Å². The van der Waals surface area contributed by atoms with Gasteiger partial charge >= 0.3 is 0 Å². The normalized spacial score (nSPS) is 14.8. The molecule has 100 valence electrons. The van der Waals surface area contributed by atoms with E-state index >= 15 is 0 Å². The van der Waals surface area contributed by atoms with E-state index in [1.807, 2.05) is 0 Å². The summed E-state index contributed by atoms with van der Waals surface area (Å²) < 4.78 is 5.69. The molecule has 0 radical (unpaired) electrons. The van der Waals surface area contributed by atoms with E-state index in [0.29, 0.717) is 28.9 Å². The number of hydrogen-bond donors (Lipinski definition) is 2. The highest BCUT2D eigenvalue weighted by Gasteiger charge is 2.22. The van der Waals surface area contributed by atoms with E-state index in [9.17, 15) is 4.79 Å². The van der Waals surface area contributed by atoms with Crippen molar-refractivity contribution in [1.29, 1.82) is 0 Å². The Hall–Kier alpha value is -1.52. The first-order chi connectivity index (χ1) is 9.17. The minimum absolute atomic E-state index is 0.162. The molecular formula is C14H15ClN2O2. The number of fused-ring (bicyclic) bond motifs is 1. The van der Waals surface area contributed by atoms with Crippen LogP contribution in [0.4, 0.5) is 0 Å². The van der Waals surface area contributed by atoms with Gasteiger partial charge in [-0.15, -0.1) is 0 Å². The molecule has 19 heavy (non-hydrogen) atoms. The lowest BCUT2D eigenvalue weighted by atomic mass is 10.1. The first-order valence-electron chi connectivity index (χ1n) is 6.35. The first-order valence-corrected chi connectivity index (χ1v) is 6.73. The maximum atomic E-state index is 11.7. The number of nitrogens with one attached hydrogen (secondary N) is 1. The summed E-state index contributed by atoms with van der Waals surface area (Å²) in [6.45, 7) is 0.902. The minimum Gasteiger partial charge on any atom is -0.492 e. The van der Waals surface area contributed by atoms with Gasteiger partial charge in [0.15, 0.2) is 0 Å². The van der Waals surface area contributed by atoms with Crippen LogP contribution < -0.4 is 16.0 Å². The van der Waals surface area contributed by atoms with Crippen LogP contribution in [0.3, 0.4) is 0 Å². The van der Waals surface area contributed by atoms with Gasteiger partial charge in [0.1, 0.15) is 5.75 Å². The summed E-state index contributed by atoms with van der Waals surface area (Å²) in [4.78, 5) is 14.5. The molecule has 1 aromatic heterocycles. The number of aromatic nitrogens is 1. The van der Waals surface area contributed by atoms with Crippen LogP contribution in [0.15, 0.2) is 23.0 Å². The van der Waals surface area contributed by atoms with Crippen LogP contribution >= 0.6 is 11.6 Å². The highest BCUT2D eigenvalue weighted by Crippen LogP contribution is 2.33. The standard InChI is InChI=1S/C14H15ClN2O2/c15-11-4-9-3-10(6-16)14(18)17-12(9)5-13(11)19-7-8-1-2-8/h3-5,8H,1-2,6-7,16H2,(H,17,18). The molecule has 0 saturated heterocycles. The molecule has 2 aromatic rings. The number of ether oxygens (including phenoxy) is 1. The molecule has 0 atom stereocenters. The maximum Gasteiger partial charge on any atom is 0.252 e. The second-order valence-electron chi connectivity index (χ2n) is 4.95. The number of benzene rings is 1. The van der Waals surface area contributed by atoms with E-state index in [0.717, 1.165) is 10.9 Å². The van der Waals surface area contributed by atoms with Crippen LogP contribution in [0.25, 0.3) is 10.9 Å². The highest BCUT2D eigenvalue weighted by atomic mass is 35.5. The zero-order valence-electron chi connectivity index (χ0n) is 10.4. The van der Waals surface area contributed by atoms with Gasteiger partial charge in [0, 0.05) is 23.6 Å². The molecule has 1 aromatic carbocycles. The summed E-state index contributed by atoms with van der Waals surface area (Å²) in [5, 5.41) is 1.42. The summed E-state index contributed by atoms with van der Waals surface area (Å²) in [6, 6.07) is 5.35. The molecule has 1 aliphatic carbocycles. The second kappa shape index (κ2) is 4.87. The van der Waals surface area contributed by atoms with Crippen molar-refractivity contribution < 1.29 is 4.74 Å². The number of rotatable bonds is 4. The number of H-pyrrole nitrogens is 1. The third-order valence-electron chi connectivity index (χ3n) is 3.37. The smallest absolute Gasteiger partial charge is 0.252 e. The number of halogens is 1. The molecule has 4 nitrogen and oxygen atoms in total. The van der Waals surface area contributed by atoms with Crippen LogP contribution in [0, 0.1) is 5.92 Å². The average Bonchev–Trinajstić information content (AvgIpc) is 3.20. The monoisotopic (exact) mass is 278 g/mol. The number of hydrogen-bond acceptors (Lipinski definition) is 3. The molecule has 0 bridgehead atoms. The Labute approximate surface area is 115 Å². The van der Waals surface area contributed by atoms with Gasteiger partial charge in [-0.1, -0.05) is 11.6 Å². The Morgan fingerprint density at radius 1 is 1.37 bits per heavy atom. The van der Waals surface area contributed by atoms with E-state index in [-0.39, 0.29) is 12.1 Å². The van der Waals surface area contributed by atoms with Crippen molar-refractivity contribution in [3.8, 4) is 5.75 Å². The van der Waals surface area contributed by atoms with Crippen molar-refractivity contribution in [3.05, 3.63) is 39.1 Å². The van der Waals surface area contributed by atoms with E-state index in [2.05, 4.69) is 4.98 Å². The van der Waals surface area contributed by atoms with Crippen LogP contribution in [0.2, 0.25) is 5.02 Å². The zero-order chi connectivity index (χ0) is 13.4. The lowest BCUT2D eigenvalue weighted by molar-refractivity contribution is 0.300. The molecule has 0 unspecified atom stereocenters. The predicted octanol–water partition coefficient (Wildman–Crippen LogP) is 2.43. The molecule has 3 N–H and O–H groups in total. The number of pyridine rings is 1. The second-order valence-corrected chi connectivity index (χ2v) is 5.36. The fraction of sp³-hybridized carbons (Fsp3) is 0.357. The van der Waals surface area contributed by atoms with Gasteiger partial charge in [-0.05, 0) is 30.9 Å². The summed E-state index contributed by atoms with van der Waals surface area (Å²) in [5.41, 5.74) is 6.63. The molecule has 0 amide bonds. The molecule has 1 heterocycles. The van der Waals surface area contributed by atoms with Crippen molar-refractivity contribution in [1.82, 2.24) is 4.98 Å². The Morgan fingerprint density at radius 3 is 2.84 bits per heavy atom. The molecule has 1 aliphatic rings. The van der Waals surface area contributed by atoms with Gasteiger partial charge in [-0.2, -0.15) is 0 Å². The molecular weight excluding hydrogens is 264 g/mol. The quantitative estimate of drug-likeness (QED) is 0.902. The van der Waals surface area contributed by atoms with Gasteiger partial charge < -0.3 is 15.5 Å². The van der Waals surface area contributed by atoms with E-state index < -0.39 is 0 Å². The zero-order valence-corrected chi connectivity index (χ0v) is 11.2. The van der Waals surface area contributed by atoms with Crippen molar-refractivity contribution in [2.75, 3.05) is 6.61 Å². The summed E-state index contributed by atoms with van der Waals surface area (Å²) >= 11 is 6.19. The minimum atomic E-state index is -0.162. The molecule has 5 heteroatoms. The Kier molecular flexibility index (Phi) is 3.21. The predicted molar refractivity (Wildman–Crippen MR) is 75.7 cm³/mol. The number of nitrogens with two attached hydrogens (primary N) is 1. The van der Waals surface area contributed by atoms with Gasteiger partial charge in [0.2, 0.25) is 0 Å². The van der Waals surface area contributed by atoms with Crippen LogP contribution in [0.5, 0.6) is 5.75 Å². The van der Waals surface area contributed by atoms with Gasteiger partial charge in [0.05, 0.1) is 17.1 Å². The molecule has 1 fully saturated rings.